The number of fused-ring (bicyclic) bond motifs is 1. The Labute approximate surface area is 151 Å². The summed E-state index contributed by atoms with van der Waals surface area (Å²) in [6, 6.07) is 7.17. The van der Waals surface area contributed by atoms with Crippen molar-refractivity contribution in [2.24, 2.45) is 0 Å². The molecule has 1 aromatic carbocycles. The molecule has 0 aliphatic heterocycles. The molecule has 0 aliphatic rings. The highest BCUT2D eigenvalue weighted by molar-refractivity contribution is 5.91. The average Bonchev–Trinajstić information content (AvgIpc) is 3.20. The van der Waals surface area contributed by atoms with E-state index in [1.54, 1.807) is 26.0 Å². The maximum atomic E-state index is 12.2. The van der Waals surface area contributed by atoms with E-state index in [9.17, 15) is 9.90 Å². The van der Waals surface area contributed by atoms with Crippen LogP contribution in [0.25, 0.3) is 11.0 Å². The first-order valence-electron chi connectivity index (χ1n) is 8.31. The van der Waals surface area contributed by atoms with Gasteiger partial charge in [-0.1, -0.05) is 12.0 Å². The Hall–Kier alpha value is -3.04. The topological polar surface area (TPSA) is 91.2 Å². The molecule has 2 heterocycles. The van der Waals surface area contributed by atoms with Gasteiger partial charge in [0.2, 0.25) is 0 Å². The Bertz CT molecular complexity index is 1030. The van der Waals surface area contributed by atoms with Crippen LogP contribution in [-0.2, 0) is 6.54 Å². The van der Waals surface area contributed by atoms with E-state index in [2.05, 4.69) is 27.1 Å². The lowest BCUT2D eigenvalue weighted by molar-refractivity contribution is 0.0921. The van der Waals surface area contributed by atoms with E-state index < -0.39 is 5.60 Å². The molecule has 6 nitrogen and oxygen atoms in total. The van der Waals surface area contributed by atoms with Crippen LogP contribution in [0, 0.1) is 25.7 Å². The first-order valence-corrected chi connectivity index (χ1v) is 8.31. The average molecular weight is 351 g/mol. The normalized spacial score (nSPS) is 11.3. The second kappa shape index (κ2) is 6.70. The number of aryl methyl sites for hydroxylation is 2. The molecular weight excluding hydrogens is 330 g/mol. The van der Waals surface area contributed by atoms with E-state index in [1.165, 1.54) is 5.56 Å². The molecule has 0 saturated heterocycles. The third kappa shape index (κ3) is 3.95. The number of nitrogens with one attached hydrogen (secondary N) is 2. The predicted octanol–water partition coefficient (Wildman–Crippen LogP) is 2.83. The summed E-state index contributed by atoms with van der Waals surface area (Å²) in [6.07, 6.45) is 0. The SMILES string of the molecule is Cc1ccc2[nH]c(CNC(=O)c3ccc(C#CC(C)(C)O)o3)nc2c1C. The van der Waals surface area contributed by atoms with Crippen molar-refractivity contribution < 1.29 is 14.3 Å². The van der Waals surface area contributed by atoms with Crippen LogP contribution in [-0.4, -0.2) is 26.6 Å². The number of aliphatic hydroxyl groups is 1. The van der Waals surface area contributed by atoms with Crippen LogP contribution in [0.2, 0.25) is 0 Å². The lowest BCUT2D eigenvalue weighted by Crippen LogP contribution is -2.22. The van der Waals surface area contributed by atoms with Crippen LogP contribution in [0.3, 0.4) is 0 Å². The number of amides is 1. The van der Waals surface area contributed by atoms with Gasteiger partial charge in [0.15, 0.2) is 11.5 Å². The number of hydrogen-bond acceptors (Lipinski definition) is 4. The molecular formula is C20H21N3O3. The number of furan rings is 1. The number of hydrogen-bond donors (Lipinski definition) is 3. The molecule has 0 saturated carbocycles. The third-order valence-electron chi connectivity index (χ3n) is 3.97. The van der Waals surface area contributed by atoms with E-state index in [1.807, 2.05) is 26.0 Å². The molecule has 0 aliphatic carbocycles. The fourth-order valence-electron chi connectivity index (χ4n) is 2.44. The van der Waals surface area contributed by atoms with Gasteiger partial charge in [0.25, 0.3) is 5.91 Å². The standard InChI is InChI=1S/C20H21N3O3/c1-12-5-7-15-18(13(12)2)23-17(22-15)11-21-19(24)16-8-6-14(26-16)9-10-20(3,4)25/h5-8,25H,11H2,1-4H3,(H,21,24)(H,22,23). The summed E-state index contributed by atoms with van der Waals surface area (Å²) in [7, 11) is 0. The molecule has 0 spiro atoms. The molecule has 134 valence electrons. The Morgan fingerprint density at radius 2 is 2.08 bits per heavy atom. The van der Waals surface area contributed by atoms with Crippen molar-refractivity contribution in [2.45, 2.75) is 39.8 Å². The second-order valence-corrected chi connectivity index (χ2v) is 6.74. The fourth-order valence-corrected chi connectivity index (χ4v) is 2.44. The molecule has 0 radical (unpaired) electrons. The minimum absolute atomic E-state index is 0.160. The van der Waals surface area contributed by atoms with Gasteiger partial charge < -0.3 is 19.8 Å². The predicted molar refractivity (Wildman–Crippen MR) is 98.6 cm³/mol. The lowest BCUT2D eigenvalue weighted by Gasteiger charge is -2.05. The quantitative estimate of drug-likeness (QED) is 0.633. The zero-order chi connectivity index (χ0) is 18.9. The van der Waals surface area contributed by atoms with E-state index >= 15 is 0 Å². The smallest absolute Gasteiger partial charge is 0.287 e. The van der Waals surface area contributed by atoms with E-state index in [0.717, 1.165) is 16.6 Å². The molecule has 6 heteroatoms. The summed E-state index contributed by atoms with van der Waals surface area (Å²) in [6.45, 7) is 7.48. The first-order chi connectivity index (χ1) is 12.2. The lowest BCUT2D eigenvalue weighted by atomic mass is 10.1. The number of benzene rings is 1. The van der Waals surface area contributed by atoms with Gasteiger partial charge in [-0.15, -0.1) is 0 Å². The van der Waals surface area contributed by atoms with Crippen LogP contribution in [0.1, 0.15) is 47.1 Å². The van der Waals surface area contributed by atoms with Crippen LogP contribution in [0.4, 0.5) is 0 Å². The molecule has 0 atom stereocenters. The molecule has 26 heavy (non-hydrogen) atoms. The number of aromatic nitrogens is 2. The van der Waals surface area contributed by atoms with Crippen molar-refractivity contribution in [3.8, 4) is 11.8 Å². The number of aromatic amines is 1. The Balaban J connectivity index is 1.68. The van der Waals surface area contributed by atoms with Crippen molar-refractivity contribution in [2.75, 3.05) is 0 Å². The van der Waals surface area contributed by atoms with Crippen LogP contribution in [0.5, 0.6) is 0 Å². The van der Waals surface area contributed by atoms with E-state index in [-0.39, 0.29) is 18.2 Å². The van der Waals surface area contributed by atoms with E-state index in [4.69, 9.17) is 4.42 Å². The molecule has 1 amide bonds. The van der Waals surface area contributed by atoms with Gasteiger partial charge in [-0.25, -0.2) is 4.98 Å². The van der Waals surface area contributed by atoms with Crippen molar-refractivity contribution in [3.05, 3.63) is 52.7 Å². The van der Waals surface area contributed by atoms with Gasteiger partial charge in [0.1, 0.15) is 11.4 Å². The van der Waals surface area contributed by atoms with E-state index in [0.29, 0.717) is 11.6 Å². The largest absolute Gasteiger partial charge is 0.443 e. The summed E-state index contributed by atoms with van der Waals surface area (Å²) < 4.78 is 5.40. The van der Waals surface area contributed by atoms with Gasteiger partial charge in [0, 0.05) is 0 Å². The zero-order valence-corrected chi connectivity index (χ0v) is 15.2. The summed E-state index contributed by atoms with van der Waals surface area (Å²) >= 11 is 0. The Kier molecular flexibility index (Phi) is 4.58. The van der Waals surface area contributed by atoms with Crippen LogP contribution < -0.4 is 5.32 Å². The number of imidazole rings is 1. The van der Waals surface area contributed by atoms with Crippen molar-refractivity contribution >= 4 is 16.9 Å². The highest BCUT2D eigenvalue weighted by Crippen LogP contribution is 2.19. The monoisotopic (exact) mass is 351 g/mol. The first kappa shape index (κ1) is 17.8. The molecule has 2 aromatic heterocycles. The number of carbonyl (C=O) groups excluding carboxylic acids is 1. The second-order valence-electron chi connectivity index (χ2n) is 6.74. The van der Waals surface area contributed by atoms with Gasteiger partial charge in [-0.2, -0.15) is 0 Å². The highest BCUT2D eigenvalue weighted by Gasteiger charge is 2.13. The molecule has 0 bridgehead atoms. The number of rotatable bonds is 3. The summed E-state index contributed by atoms with van der Waals surface area (Å²) in [5.74, 6) is 6.15. The maximum Gasteiger partial charge on any atom is 0.287 e. The summed E-state index contributed by atoms with van der Waals surface area (Å²) in [5, 5.41) is 12.4. The van der Waals surface area contributed by atoms with Crippen LogP contribution in [0.15, 0.2) is 28.7 Å². The third-order valence-corrected chi connectivity index (χ3v) is 3.97. The number of carbonyl (C=O) groups is 1. The molecule has 0 unspecified atom stereocenters. The van der Waals surface area contributed by atoms with Crippen molar-refractivity contribution in [3.63, 3.8) is 0 Å². The fraction of sp³-hybridized carbons (Fsp3) is 0.300. The highest BCUT2D eigenvalue weighted by atomic mass is 16.3. The Morgan fingerprint density at radius 1 is 1.31 bits per heavy atom. The van der Waals surface area contributed by atoms with Crippen LogP contribution >= 0.6 is 0 Å². The molecule has 0 fully saturated rings. The minimum atomic E-state index is -1.12. The summed E-state index contributed by atoms with van der Waals surface area (Å²) in [5.41, 5.74) is 3.04. The molecule has 3 aromatic rings. The minimum Gasteiger partial charge on any atom is -0.443 e. The van der Waals surface area contributed by atoms with Gasteiger partial charge in [0.05, 0.1) is 17.6 Å². The van der Waals surface area contributed by atoms with Crippen molar-refractivity contribution in [1.29, 1.82) is 0 Å². The van der Waals surface area contributed by atoms with Gasteiger partial charge >= 0.3 is 0 Å². The van der Waals surface area contributed by atoms with Crippen molar-refractivity contribution in [1.82, 2.24) is 15.3 Å². The molecule has 3 rings (SSSR count). The zero-order valence-electron chi connectivity index (χ0n) is 15.2. The number of nitrogens with zero attached hydrogens (tertiary/aromatic N) is 1. The van der Waals surface area contributed by atoms with Gasteiger partial charge in [-0.05, 0) is 62.9 Å². The molecule has 3 N–H and O–H groups in total. The summed E-state index contributed by atoms with van der Waals surface area (Å²) in [4.78, 5) is 20.0. The Morgan fingerprint density at radius 3 is 2.81 bits per heavy atom. The maximum absolute atomic E-state index is 12.2. The number of H-pyrrole nitrogens is 1. The van der Waals surface area contributed by atoms with Gasteiger partial charge in [-0.3, -0.25) is 4.79 Å².